The maximum absolute atomic E-state index is 12.1. The predicted molar refractivity (Wildman–Crippen MR) is 107 cm³/mol. The first-order valence-electron chi connectivity index (χ1n) is 8.59. The van der Waals surface area contributed by atoms with Gasteiger partial charge in [0.15, 0.2) is 0 Å². The maximum atomic E-state index is 12.1. The van der Waals surface area contributed by atoms with Gasteiger partial charge < -0.3 is 14.9 Å². The second-order valence-electron chi connectivity index (χ2n) is 6.07. The number of hydrogen-bond donors (Lipinski definition) is 2. The molecule has 0 radical (unpaired) electrons. The van der Waals surface area contributed by atoms with Crippen LogP contribution >= 0.6 is 15.9 Å². The van der Waals surface area contributed by atoms with Gasteiger partial charge in [-0.15, -0.1) is 0 Å². The Hall–Kier alpha value is -1.69. The third-order valence-corrected chi connectivity index (χ3v) is 6.69. The lowest BCUT2D eigenvalue weighted by molar-refractivity contribution is -0.159. The molecule has 1 aromatic rings. The minimum Gasteiger partial charge on any atom is -0.496 e. The summed E-state index contributed by atoms with van der Waals surface area (Å²) in [4.78, 5) is 20.5. The lowest BCUT2D eigenvalue weighted by Crippen LogP contribution is -2.48. The molecule has 2 N–H and O–H groups in total. The van der Waals surface area contributed by atoms with Crippen LogP contribution in [0.3, 0.4) is 0 Å². The zero-order valence-corrected chi connectivity index (χ0v) is 18.2. The van der Waals surface area contributed by atoms with E-state index >= 15 is 0 Å². The Kier molecular flexibility index (Phi) is 9.87. The maximum Gasteiger partial charge on any atom is 0.414 e. The summed E-state index contributed by atoms with van der Waals surface area (Å²) >= 11 is 3.49. The number of ether oxygens (including phenoxy) is 1. The molecule has 2 rings (SSSR count). The molecule has 0 spiro atoms. The molecule has 1 aliphatic heterocycles. The summed E-state index contributed by atoms with van der Waals surface area (Å²) < 4.78 is 31.9. The van der Waals surface area contributed by atoms with Gasteiger partial charge in [0.05, 0.1) is 17.3 Å². The Labute approximate surface area is 173 Å². The lowest BCUT2D eigenvalue weighted by atomic mass is 10.2. The van der Waals surface area contributed by atoms with Crippen LogP contribution in [0.25, 0.3) is 0 Å². The molecule has 1 heterocycles. The number of aliphatic carboxylic acids is 2. The smallest absolute Gasteiger partial charge is 0.414 e. The monoisotopic (exact) mass is 480 g/mol. The van der Waals surface area contributed by atoms with Gasteiger partial charge in [-0.3, -0.25) is 4.90 Å². The largest absolute Gasteiger partial charge is 0.496 e. The molecular formula is C17H25BrN2O7S. The summed E-state index contributed by atoms with van der Waals surface area (Å²) in [6.45, 7) is 5.43. The number of methoxy groups -OCH3 is 1. The van der Waals surface area contributed by atoms with Gasteiger partial charge in [0.25, 0.3) is 0 Å². The number of hydrogen-bond acceptors (Lipinski definition) is 6. The third kappa shape index (κ3) is 7.74. The van der Waals surface area contributed by atoms with Gasteiger partial charge in [-0.05, 0) is 40.0 Å². The van der Waals surface area contributed by atoms with Crippen molar-refractivity contribution in [2.45, 2.75) is 19.9 Å². The Morgan fingerprint density at radius 1 is 1.14 bits per heavy atom. The molecule has 1 aliphatic rings. The Morgan fingerprint density at radius 2 is 1.71 bits per heavy atom. The first kappa shape index (κ1) is 24.3. The summed E-state index contributed by atoms with van der Waals surface area (Å²) in [5.74, 6) is -2.58. The van der Waals surface area contributed by atoms with Gasteiger partial charge in [-0.1, -0.05) is 13.0 Å². The molecule has 0 unspecified atom stereocenters. The van der Waals surface area contributed by atoms with Crippen LogP contribution in [0.15, 0.2) is 22.7 Å². The van der Waals surface area contributed by atoms with E-state index in [-0.39, 0.29) is 5.75 Å². The summed E-state index contributed by atoms with van der Waals surface area (Å²) in [6, 6.07) is 6.05. The number of benzene rings is 1. The van der Waals surface area contributed by atoms with Crippen LogP contribution < -0.4 is 4.74 Å². The SMILES string of the molecule is CCCS(=O)(=O)N1CCN(Cc2ccc(OC)c(Br)c2)CC1.O=C(O)C(=O)O. The molecule has 1 aromatic carbocycles. The second-order valence-corrected chi connectivity index (χ2v) is 9.01. The van der Waals surface area contributed by atoms with Crippen molar-refractivity contribution >= 4 is 37.9 Å². The standard InChI is InChI=1S/C15H23BrN2O3S.C2H2O4/c1-3-10-22(19,20)18-8-6-17(7-9-18)12-13-4-5-15(21-2)14(16)11-13;3-1(4)2(5)6/h4-5,11H,3,6-10,12H2,1-2H3;(H,3,4)(H,5,6). The molecular weight excluding hydrogens is 456 g/mol. The van der Waals surface area contributed by atoms with E-state index in [1.807, 2.05) is 19.1 Å². The Bertz CT molecular complexity index is 766. The Balaban J connectivity index is 0.000000568. The Morgan fingerprint density at radius 3 is 2.14 bits per heavy atom. The number of nitrogens with zero attached hydrogens (tertiary/aromatic N) is 2. The lowest BCUT2D eigenvalue weighted by Gasteiger charge is -2.34. The molecule has 0 atom stereocenters. The number of piperazine rings is 1. The molecule has 0 aliphatic carbocycles. The van der Waals surface area contributed by atoms with Crippen molar-refractivity contribution in [1.29, 1.82) is 0 Å². The zero-order chi connectivity index (χ0) is 21.3. The van der Waals surface area contributed by atoms with Crippen LogP contribution in [0.2, 0.25) is 0 Å². The topological polar surface area (TPSA) is 124 Å². The number of halogens is 1. The van der Waals surface area contributed by atoms with Crippen molar-refractivity contribution in [2.24, 2.45) is 0 Å². The second kappa shape index (κ2) is 11.3. The van der Waals surface area contributed by atoms with Crippen LogP contribution in [-0.2, 0) is 26.2 Å². The molecule has 11 heteroatoms. The molecule has 0 aromatic heterocycles. The molecule has 28 heavy (non-hydrogen) atoms. The van der Waals surface area contributed by atoms with Gasteiger partial charge in [-0.2, -0.15) is 4.31 Å². The number of sulfonamides is 1. The normalized spacial score (nSPS) is 15.4. The van der Waals surface area contributed by atoms with Crippen LogP contribution in [0, 0.1) is 0 Å². The first-order chi connectivity index (χ1) is 13.1. The fourth-order valence-corrected chi connectivity index (χ4v) is 4.70. The average molecular weight is 481 g/mol. The fraction of sp³-hybridized carbons (Fsp3) is 0.529. The van der Waals surface area contributed by atoms with Crippen molar-refractivity contribution in [3.8, 4) is 5.75 Å². The van der Waals surface area contributed by atoms with Crippen molar-refractivity contribution in [1.82, 2.24) is 9.21 Å². The minimum atomic E-state index is -3.06. The molecule has 0 saturated carbocycles. The van der Waals surface area contributed by atoms with Crippen molar-refractivity contribution in [3.05, 3.63) is 28.2 Å². The van der Waals surface area contributed by atoms with Gasteiger partial charge in [0.1, 0.15) is 5.75 Å². The predicted octanol–water partition coefficient (Wildman–Crippen LogP) is 1.47. The van der Waals surface area contributed by atoms with Crippen LogP contribution in [0.4, 0.5) is 0 Å². The third-order valence-electron chi connectivity index (χ3n) is 3.99. The van der Waals surface area contributed by atoms with E-state index in [0.29, 0.717) is 19.5 Å². The average Bonchev–Trinajstić information content (AvgIpc) is 2.63. The highest BCUT2D eigenvalue weighted by atomic mass is 79.9. The summed E-state index contributed by atoms with van der Waals surface area (Å²) in [5.41, 5.74) is 1.19. The fourth-order valence-electron chi connectivity index (χ4n) is 2.62. The zero-order valence-electron chi connectivity index (χ0n) is 15.8. The number of carboxylic acid groups (broad SMARTS) is 2. The highest BCUT2D eigenvalue weighted by Gasteiger charge is 2.26. The minimum absolute atomic E-state index is 0.248. The van der Waals surface area contributed by atoms with E-state index in [1.165, 1.54) is 5.56 Å². The quantitative estimate of drug-likeness (QED) is 0.586. The molecule has 0 bridgehead atoms. The molecule has 1 fully saturated rings. The number of carboxylic acids is 2. The van der Waals surface area contributed by atoms with Crippen molar-refractivity contribution < 1.29 is 33.0 Å². The molecule has 9 nitrogen and oxygen atoms in total. The number of carbonyl (C=O) groups is 2. The van der Waals surface area contributed by atoms with Crippen molar-refractivity contribution in [3.63, 3.8) is 0 Å². The molecule has 0 amide bonds. The van der Waals surface area contributed by atoms with E-state index < -0.39 is 22.0 Å². The number of rotatable bonds is 6. The van der Waals surface area contributed by atoms with Gasteiger partial charge in [0, 0.05) is 32.7 Å². The van der Waals surface area contributed by atoms with E-state index in [2.05, 4.69) is 26.9 Å². The van der Waals surface area contributed by atoms with E-state index in [1.54, 1.807) is 11.4 Å². The first-order valence-corrected chi connectivity index (χ1v) is 11.0. The van der Waals surface area contributed by atoms with E-state index in [9.17, 15) is 8.42 Å². The molecule has 1 saturated heterocycles. The van der Waals surface area contributed by atoms with Crippen LogP contribution in [-0.4, -0.2) is 78.8 Å². The van der Waals surface area contributed by atoms with Gasteiger partial charge >= 0.3 is 11.9 Å². The van der Waals surface area contributed by atoms with Gasteiger partial charge in [0.2, 0.25) is 10.0 Å². The highest BCUT2D eigenvalue weighted by molar-refractivity contribution is 9.10. The molecule has 158 valence electrons. The summed E-state index contributed by atoms with van der Waals surface area (Å²) in [5, 5.41) is 14.8. The highest BCUT2D eigenvalue weighted by Crippen LogP contribution is 2.26. The van der Waals surface area contributed by atoms with Crippen LogP contribution in [0.1, 0.15) is 18.9 Å². The van der Waals surface area contributed by atoms with E-state index in [4.69, 9.17) is 24.5 Å². The summed E-state index contributed by atoms with van der Waals surface area (Å²) in [7, 11) is -1.41. The van der Waals surface area contributed by atoms with Gasteiger partial charge in [-0.25, -0.2) is 18.0 Å². The van der Waals surface area contributed by atoms with Crippen LogP contribution in [0.5, 0.6) is 5.75 Å². The van der Waals surface area contributed by atoms with E-state index in [0.717, 1.165) is 29.9 Å². The van der Waals surface area contributed by atoms with Crippen molar-refractivity contribution in [2.75, 3.05) is 39.0 Å². The summed E-state index contributed by atoms with van der Waals surface area (Å²) in [6.07, 6.45) is 0.669.